The van der Waals surface area contributed by atoms with Crippen LogP contribution >= 0.6 is 11.6 Å². The quantitative estimate of drug-likeness (QED) is 0.852. The highest BCUT2D eigenvalue weighted by molar-refractivity contribution is 7.93. The molecule has 0 fully saturated rings. The van der Waals surface area contributed by atoms with E-state index < -0.39 is 26.7 Å². The van der Waals surface area contributed by atoms with Gasteiger partial charge in [0.05, 0.1) is 22.5 Å². The fraction of sp³-hybridized carbons (Fsp3) is 0.250. The summed E-state index contributed by atoms with van der Waals surface area (Å²) in [5, 5.41) is 3.53. The van der Waals surface area contributed by atoms with Crippen LogP contribution in [-0.2, 0) is 23.2 Å². The van der Waals surface area contributed by atoms with Gasteiger partial charge in [0, 0.05) is 20.3 Å². The Morgan fingerprint density at radius 1 is 1.32 bits per heavy atom. The lowest BCUT2D eigenvalue weighted by atomic mass is 10.2. The Morgan fingerprint density at radius 3 is 2.45 bits per heavy atom. The average Bonchev–Trinajstić information content (AvgIpc) is 2.83. The van der Waals surface area contributed by atoms with Crippen molar-refractivity contribution in [3.63, 3.8) is 0 Å². The highest BCUT2D eigenvalue weighted by Crippen LogP contribution is 2.34. The zero-order valence-electron chi connectivity index (χ0n) is 11.5. The van der Waals surface area contributed by atoms with Crippen LogP contribution in [0.5, 0.6) is 0 Å². The van der Waals surface area contributed by atoms with E-state index in [1.807, 2.05) is 0 Å². The molecule has 0 aliphatic heterocycles. The van der Waals surface area contributed by atoms with Gasteiger partial charge >= 0.3 is 6.18 Å². The van der Waals surface area contributed by atoms with E-state index in [1.54, 1.807) is 7.05 Å². The van der Waals surface area contributed by atoms with Crippen molar-refractivity contribution in [3.05, 3.63) is 41.2 Å². The van der Waals surface area contributed by atoms with Crippen molar-refractivity contribution in [1.29, 1.82) is 0 Å². The summed E-state index contributed by atoms with van der Waals surface area (Å²) in [5.74, 6) is 0. The Hall–Kier alpha value is -1.74. The highest BCUT2D eigenvalue weighted by Gasteiger charge is 2.34. The molecule has 2 rings (SSSR count). The number of anilines is 1. The lowest BCUT2D eigenvalue weighted by Gasteiger charge is -2.19. The molecule has 1 aromatic heterocycles. The van der Waals surface area contributed by atoms with Crippen molar-refractivity contribution >= 4 is 27.3 Å². The van der Waals surface area contributed by atoms with Gasteiger partial charge in [0.15, 0.2) is 0 Å². The van der Waals surface area contributed by atoms with Gasteiger partial charge in [-0.25, -0.2) is 8.42 Å². The second kappa shape index (κ2) is 5.47. The minimum atomic E-state index is -4.66. The van der Waals surface area contributed by atoms with Crippen molar-refractivity contribution in [2.45, 2.75) is 11.1 Å². The number of alkyl halides is 3. The fourth-order valence-electron chi connectivity index (χ4n) is 1.73. The third-order valence-corrected chi connectivity index (χ3v) is 5.22. The van der Waals surface area contributed by atoms with Crippen LogP contribution in [0.4, 0.5) is 18.9 Å². The van der Waals surface area contributed by atoms with Gasteiger partial charge in [-0.3, -0.25) is 8.99 Å². The molecule has 0 aliphatic rings. The topological polar surface area (TPSA) is 55.2 Å². The second-order valence-electron chi connectivity index (χ2n) is 4.49. The smallest absolute Gasteiger partial charge is 0.274 e. The van der Waals surface area contributed by atoms with Gasteiger partial charge in [-0.1, -0.05) is 11.6 Å². The highest BCUT2D eigenvalue weighted by atomic mass is 35.5. The van der Waals surface area contributed by atoms with E-state index in [0.717, 1.165) is 16.4 Å². The zero-order valence-corrected chi connectivity index (χ0v) is 13.0. The molecule has 0 saturated carbocycles. The maximum atomic E-state index is 12.8. The molecule has 1 aromatic carbocycles. The first-order chi connectivity index (χ1) is 10.0. The second-order valence-corrected chi connectivity index (χ2v) is 6.83. The van der Waals surface area contributed by atoms with Crippen molar-refractivity contribution in [2.24, 2.45) is 7.05 Å². The van der Waals surface area contributed by atoms with Crippen molar-refractivity contribution in [1.82, 2.24) is 9.78 Å². The number of aromatic nitrogens is 2. The summed E-state index contributed by atoms with van der Waals surface area (Å²) in [4.78, 5) is -0.615. The molecule has 0 bridgehead atoms. The van der Waals surface area contributed by atoms with E-state index >= 15 is 0 Å². The average molecular weight is 354 g/mol. The summed E-state index contributed by atoms with van der Waals surface area (Å²) < 4.78 is 65.4. The number of aryl methyl sites for hydroxylation is 1. The first-order valence-electron chi connectivity index (χ1n) is 5.88. The Balaban J connectivity index is 2.54. The minimum Gasteiger partial charge on any atom is -0.274 e. The zero-order chi connectivity index (χ0) is 16.7. The molecule has 0 unspecified atom stereocenters. The van der Waals surface area contributed by atoms with Gasteiger partial charge in [0.1, 0.15) is 4.90 Å². The van der Waals surface area contributed by atoms with Gasteiger partial charge in [0.25, 0.3) is 10.0 Å². The summed E-state index contributed by atoms with van der Waals surface area (Å²) in [7, 11) is -1.45. The summed E-state index contributed by atoms with van der Waals surface area (Å²) in [6.07, 6.45) is -1.97. The third kappa shape index (κ3) is 3.05. The Bertz CT molecular complexity index is 802. The molecule has 1 heterocycles. The van der Waals surface area contributed by atoms with Crippen LogP contribution in [0.25, 0.3) is 0 Å². The molecular formula is C12H11ClF3N3O2S. The molecule has 0 saturated heterocycles. The minimum absolute atomic E-state index is 0.205. The molecule has 2 aromatic rings. The van der Waals surface area contributed by atoms with Gasteiger partial charge in [0.2, 0.25) is 0 Å². The molecule has 0 spiro atoms. The molecule has 0 aliphatic carbocycles. The lowest BCUT2D eigenvalue weighted by Crippen LogP contribution is -2.27. The molecule has 5 nitrogen and oxygen atoms in total. The lowest BCUT2D eigenvalue weighted by molar-refractivity contribution is -0.137. The number of rotatable bonds is 3. The van der Waals surface area contributed by atoms with Gasteiger partial charge in [-0.05, 0) is 18.2 Å². The van der Waals surface area contributed by atoms with Crippen LogP contribution in [0, 0.1) is 0 Å². The van der Waals surface area contributed by atoms with E-state index in [2.05, 4.69) is 5.10 Å². The SMILES string of the molecule is CN(c1cnn(C)c1)S(=O)(=O)c1cc(C(F)(F)F)ccc1Cl. The monoisotopic (exact) mass is 353 g/mol. The van der Waals surface area contributed by atoms with E-state index in [4.69, 9.17) is 11.6 Å². The number of hydrogen-bond donors (Lipinski definition) is 0. The molecule has 120 valence electrons. The molecular weight excluding hydrogens is 343 g/mol. The van der Waals surface area contributed by atoms with Crippen molar-refractivity contribution < 1.29 is 21.6 Å². The van der Waals surface area contributed by atoms with Crippen LogP contribution in [-0.4, -0.2) is 25.2 Å². The van der Waals surface area contributed by atoms with Crippen molar-refractivity contribution in [2.75, 3.05) is 11.4 Å². The Labute approximate surface area is 130 Å². The van der Waals surface area contributed by atoms with Crippen LogP contribution in [0.1, 0.15) is 5.56 Å². The molecule has 0 amide bonds. The van der Waals surface area contributed by atoms with E-state index in [9.17, 15) is 21.6 Å². The normalized spacial score (nSPS) is 12.5. The van der Waals surface area contributed by atoms with E-state index in [0.29, 0.717) is 6.07 Å². The summed E-state index contributed by atoms with van der Waals surface area (Å²) in [6, 6.07) is 2.16. The molecule has 0 atom stereocenters. The predicted molar refractivity (Wildman–Crippen MR) is 75.3 cm³/mol. The van der Waals surface area contributed by atoms with E-state index in [1.165, 1.54) is 24.1 Å². The van der Waals surface area contributed by atoms with E-state index in [-0.39, 0.29) is 10.7 Å². The molecule has 0 radical (unpaired) electrons. The van der Waals surface area contributed by atoms with Crippen molar-refractivity contribution in [3.8, 4) is 0 Å². The van der Waals surface area contributed by atoms with Crippen LogP contribution in [0.15, 0.2) is 35.5 Å². The third-order valence-electron chi connectivity index (χ3n) is 2.95. The predicted octanol–water partition coefficient (Wildman–Crippen LogP) is 2.92. The standard InChI is InChI=1S/C12H11ClF3N3O2S/c1-18-7-9(6-17-18)19(2)22(20,21)11-5-8(12(14,15)16)3-4-10(11)13/h3-7H,1-2H3. The number of hydrogen-bond acceptors (Lipinski definition) is 3. The van der Waals surface area contributed by atoms with Gasteiger partial charge < -0.3 is 0 Å². The number of nitrogens with zero attached hydrogens (tertiary/aromatic N) is 3. The van der Waals surface area contributed by atoms with Gasteiger partial charge in [-0.2, -0.15) is 18.3 Å². The summed E-state index contributed by atoms with van der Waals surface area (Å²) >= 11 is 5.77. The maximum absolute atomic E-state index is 12.8. The fourth-order valence-corrected chi connectivity index (χ4v) is 3.40. The number of halogens is 4. The molecule has 0 N–H and O–H groups in total. The first-order valence-corrected chi connectivity index (χ1v) is 7.69. The van der Waals surface area contributed by atoms with Crippen LogP contribution in [0.3, 0.4) is 0 Å². The Kier molecular flexibility index (Phi) is 4.14. The first kappa shape index (κ1) is 16.6. The van der Waals surface area contributed by atoms with Gasteiger partial charge in [-0.15, -0.1) is 0 Å². The van der Waals surface area contributed by atoms with Crippen LogP contribution < -0.4 is 4.31 Å². The van der Waals surface area contributed by atoms with Crippen LogP contribution in [0.2, 0.25) is 5.02 Å². The molecule has 10 heteroatoms. The maximum Gasteiger partial charge on any atom is 0.416 e. The summed E-state index contributed by atoms with van der Waals surface area (Å²) in [5.41, 5.74) is -0.883. The Morgan fingerprint density at radius 2 is 1.95 bits per heavy atom. The summed E-state index contributed by atoms with van der Waals surface area (Å²) in [6.45, 7) is 0. The molecule has 22 heavy (non-hydrogen) atoms. The number of benzene rings is 1. The number of sulfonamides is 1. The largest absolute Gasteiger partial charge is 0.416 e.